The molecule has 0 fully saturated rings. The molecule has 1 aromatic rings. The van der Waals surface area contributed by atoms with Crippen LogP contribution in [0, 0.1) is 0 Å². The summed E-state index contributed by atoms with van der Waals surface area (Å²) < 4.78 is 35.7. The van der Waals surface area contributed by atoms with Gasteiger partial charge in [0.1, 0.15) is 0 Å². The molecule has 94 valence electrons. The van der Waals surface area contributed by atoms with Crippen LogP contribution in [0.2, 0.25) is 0 Å². The number of alkyl halides is 3. The Labute approximate surface area is 95.5 Å². The highest BCUT2D eigenvalue weighted by Crippen LogP contribution is 2.19. The van der Waals surface area contributed by atoms with Crippen molar-refractivity contribution in [2.75, 3.05) is 6.54 Å². The molecule has 1 amide bonds. The number of halogens is 3. The monoisotopic (exact) mass is 248 g/mol. The third kappa shape index (κ3) is 4.81. The van der Waals surface area contributed by atoms with E-state index in [0.29, 0.717) is 5.56 Å². The van der Waals surface area contributed by atoms with Gasteiger partial charge in [-0.15, -0.1) is 0 Å². The average Bonchev–Trinajstić information content (AvgIpc) is 2.26. The van der Waals surface area contributed by atoms with Gasteiger partial charge in [0, 0.05) is 12.4 Å². The fourth-order valence-electron chi connectivity index (χ4n) is 1.08. The van der Waals surface area contributed by atoms with Crippen molar-refractivity contribution in [3.63, 3.8) is 0 Å². The molecule has 4 nitrogen and oxygen atoms in total. The number of hydrogen-bond donors (Lipinski definition) is 2. The predicted molar refractivity (Wildman–Crippen MR) is 53.0 cm³/mol. The third-order valence-corrected chi connectivity index (χ3v) is 1.96. The number of rotatable bonds is 4. The van der Waals surface area contributed by atoms with Crippen LogP contribution in [-0.2, 0) is 11.2 Å². The molecule has 0 aromatic carbocycles. The average molecular weight is 248 g/mol. The van der Waals surface area contributed by atoms with Crippen LogP contribution in [0.5, 0.6) is 0 Å². The largest absolute Gasteiger partial charge is 0.416 e. The van der Waals surface area contributed by atoms with Gasteiger partial charge in [-0.2, -0.15) is 13.2 Å². The number of aliphatic hydroxyl groups is 1. The minimum atomic E-state index is -4.72. The fraction of sp³-hybridized carbons (Fsp3) is 0.400. The summed E-state index contributed by atoms with van der Waals surface area (Å²) in [6.45, 7) is -0.845. The van der Waals surface area contributed by atoms with Crippen molar-refractivity contribution in [1.29, 1.82) is 0 Å². The minimum absolute atomic E-state index is 0.0710. The van der Waals surface area contributed by atoms with E-state index in [0.717, 1.165) is 0 Å². The lowest BCUT2D eigenvalue weighted by Crippen LogP contribution is -2.41. The first-order valence-electron chi connectivity index (χ1n) is 4.80. The third-order valence-electron chi connectivity index (χ3n) is 1.96. The van der Waals surface area contributed by atoms with Crippen molar-refractivity contribution in [2.24, 2.45) is 0 Å². The van der Waals surface area contributed by atoms with Crippen LogP contribution in [0.3, 0.4) is 0 Å². The van der Waals surface area contributed by atoms with Crippen LogP contribution in [0.4, 0.5) is 13.2 Å². The summed E-state index contributed by atoms with van der Waals surface area (Å²) in [5.74, 6) is -0.596. The van der Waals surface area contributed by atoms with Crippen molar-refractivity contribution < 1.29 is 23.1 Å². The first-order valence-corrected chi connectivity index (χ1v) is 4.80. The van der Waals surface area contributed by atoms with E-state index in [1.165, 1.54) is 12.4 Å². The van der Waals surface area contributed by atoms with Gasteiger partial charge in [0.05, 0.1) is 13.0 Å². The molecule has 0 radical (unpaired) electrons. The molecule has 0 bridgehead atoms. The SMILES string of the molecule is O=C(Cc1cccnc1)NCC(O)C(F)(F)F. The quantitative estimate of drug-likeness (QED) is 0.823. The number of nitrogens with zero attached hydrogens (tertiary/aromatic N) is 1. The highest BCUT2D eigenvalue weighted by atomic mass is 19.4. The second-order valence-electron chi connectivity index (χ2n) is 3.40. The molecule has 7 heteroatoms. The number of aliphatic hydroxyl groups excluding tert-OH is 1. The molecule has 0 spiro atoms. The maximum Gasteiger partial charge on any atom is 0.416 e. The van der Waals surface area contributed by atoms with Crippen molar-refractivity contribution >= 4 is 5.91 Å². The van der Waals surface area contributed by atoms with Crippen LogP contribution in [0.25, 0.3) is 0 Å². The van der Waals surface area contributed by atoms with E-state index in [1.807, 2.05) is 5.32 Å². The van der Waals surface area contributed by atoms with E-state index in [9.17, 15) is 18.0 Å². The second kappa shape index (κ2) is 5.62. The molecule has 0 saturated carbocycles. The summed E-state index contributed by atoms with van der Waals surface area (Å²) in [4.78, 5) is 15.0. The lowest BCUT2D eigenvalue weighted by molar-refractivity contribution is -0.201. The normalized spacial score (nSPS) is 13.2. The van der Waals surface area contributed by atoms with Crippen molar-refractivity contribution in [2.45, 2.75) is 18.7 Å². The number of carbonyl (C=O) groups is 1. The molecule has 17 heavy (non-hydrogen) atoms. The van der Waals surface area contributed by atoms with E-state index >= 15 is 0 Å². The molecule has 0 aliphatic carbocycles. The molecule has 0 aliphatic rings. The Hall–Kier alpha value is -1.63. The fourth-order valence-corrected chi connectivity index (χ4v) is 1.08. The molecule has 1 atom stereocenters. The number of nitrogens with one attached hydrogen (secondary N) is 1. The van der Waals surface area contributed by atoms with E-state index in [-0.39, 0.29) is 6.42 Å². The second-order valence-corrected chi connectivity index (χ2v) is 3.40. The van der Waals surface area contributed by atoms with Crippen LogP contribution in [-0.4, -0.2) is 34.8 Å². The number of amides is 1. The van der Waals surface area contributed by atoms with Gasteiger partial charge in [0.15, 0.2) is 6.10 Å². The smallest absolute Gasteiger partial charge is 0.382 e. The molecule has 1 unspecified atom stereocenters. The maximum atomic E-state index is 11.9. The Morgan fingerprint density at radius 1 is 1.53 bits per heavy atom. The molecular formula is C10H11F3N2O2. The zero-order chi connectivity index (χ0) is 12.9. The molecule has 0 aliphatic heterocycles. The lowest BCUT2D eigenvalue weighted by atomic mass is 10.2. The highest BCUT2D eigenvalue weighted by molar-refractivity contribution is 5.78. The van der Waals surface area contributed by atoms with E-state index in [4.69, 9.17) is 5.11 Å². The molecule has 1 aromatic heterocycles. The first kappa shape index (κ1) is 13.4. The van der Waals surface area contributed by atoms with Crippen LogP contribution < -0.4 is 5.32 Å². The first-order chi connectivity index (χ1) is 7.89. The summed E-state index contributed by atoms with van der Waals surface area (Å²) in [5, 5.41) is 10.6. The van der Waals surface area contributed by atoms with Crippen LogP contribution >= 0.6 is 0 Å². The van der Waals surface area contributed by atoms with Gasteiger partial charge in [-0.25, -0.2) is 0 Å². The number of carbonyl (C=O) groups excluding carboxylic acids is 1. The molecule has 0 saturated heterocycles. The van der Waals surface area contributed by atoms with Crippen LogP contribution in [0.1, 0.15) is 5.56 Å². The standard InChI is InChI=1S/C10H11F3N2O2/c11-10(12,13)8(16)6-15-9(17)4-7-2-1-3-14-5-7/h1-3,5,8,16H,4,6H2,(H,15,17). The summed E-state index contributed by atoms with van der Waals surface area (Å²) in [6, 6.07) is 3.25. The Morgan fingerprint density at radius 3 is 2.76 bits per heavy atom. The summed E-state index contributed by atoms with van der Waals surface area (Å²) in [7, 11) is 0. The topological polar surface area (TPSA) is 62.2 Å². The Balaban J connectivity index is 2.36. The number of hydrogen-bond acceptors (Lipinski definition) is 3. The van der Waals surface area contributed by atoms with Gasteiger partial charge in [-0.05, 0) is 11.6 Å². The lowest BCUT2D eigenvalue weighted by Gasteiger charge is -2.14. The Morgan fingerprint density at radius 2 is 2.24 bits per heavy atom. The maximum absolute atomic E-state index is 11.9. The van der Waals surface area contributed by atoms with E-state index in [2.05, 4.69) is 4.98 Å². The molecule has 1 rings (SSSR count). The van der Waals surface area contributed by atoms with Gasteiger partial charge in [0.2, 0.25) is 5.91 Å². The van der Waals surface area contributed by atoms with Crippen LogP contribution in [0.15, 0.2) is 24.5 Å². The number of pyridine rings is 1. The summed E-state index contributed by atoms with van der Waals surface area (Å²) in [5.41, 5.74) is 0.589. The van der Waals surface area contributed by atoms with E-state index < -0.39 is 24.7 Å². The predicted octanol–water partition coefficient (Wildman–Crippen LogP) is 0.663. The van der Waals surface area contributed by atoms with Gasteiger partial charge >= 0.3 is 6.18 Å². The van der Waals surface area contributed by atoms with Crippen molar-refractivity contribution in [1.82, 2.24) is 10.3 Å². The van der Waals surface area contributed by atoms with Crippen molar-refractivity contribution in [3.05, 3.63) is 30.1 Å². The van der Waals surface area contributed by atoms with E-state index in [1.54, 1.807) is 12.1 Å². The van der Waals surface area contributed by atoms with Gasteiger partial charge in [0.25, 0.3) is 0 Å². The molecule has 2 N–H and O–H groups in total. The van der Waals surface area contributed by atoms with Crippen molar-refractivity contribution in [3.8, 4) is 0 Å². The molecular weight excluding hydrogens is 237 g/mol. The zero-order valence-corrected chi connectivity index (χ0v) is 8.74. The zero-order valence-electron chi connectivity index (χ0n) is 8.74. The Kier molecular flexibility index (Phi) is 4.45. The highest BCUT2D eigenvalue weighted by Gasteiger charge is 2.38. The van der Waals surface area contributed by atoms with Gasteiger partial charge in [-0.3, -0.25) is 9.78 Å². The molecule has 1 heterocycles. The Bertz CT molecular complexity index is 368. The summed E-state index contributed by atoms with van der Waals surface area (Å²) >= 11 is 0. The summed E-state index contributed by atoms with van der Waals surface area (Å²) in [6.07, 6.45) is -4.37. The number of aromatic nitrogens is 1. The minimum Gasteiger partial charge on any atom is -0.382 e. The van der Waals surface area contributed by atoms with Gasteiger partial charge in [-0.1, -0.05) is 6.07 Å². The van der Waals surface area contributed by atoms with Gasteiger partial charge < -0.3 is 10.4 Å².